The Morgan fingerprint density at radius 2 is 1.88 bits per heavy atom. The smallest absolute Gasteiger partial charge is 0.237 e. The minimum absolute atomic E-state index is 0.0972. The van der Waals surface area contributed by atoms with Crippen LogP contribution in [-0.4, -0.2) is 25.0 Å². The molecule has 0 aromatic rings. The molecule has 3 nitrogen and oxygen atoms in total. The third kappa shape index (κ3) is 3.98. The molecule has 0 aromatic heterocycles. The van der Waals surface area contributed by atoms with Gasteiger partial charge in [0.15, 0.2) is 0 Å². The molecule has 0 saturated heterocycles. The Labute approximate surface area is 106 Å². The Morgan fingerprint density at radius 3 is 2.41 bits per heavy atom. The molecule has 4 unspecified atom stereocenters. The predicted octanol–water partition coefficient (Wildman–Crippen LogP) is 2.17. The molecule has 2 N–H and O–H groups in total. The summed E-state index contributed by atoms with van der Waals surface area (Å²) in [4.78, 5) is 11.9. The van der Waals surface area contributed by atoms with Gasteiger partial charge >= 0.3 is 0 Å². The molecule has 0 bridgehead atoms. The van der Waals surface area contributed by atoms with Gasteiger partial charge in [0.05, 0.1) is 6.04 Å². The molecular weight excluding hydrogens is 212 g/mol. The number of hydrogen-bond donors (Lipinski definition) is 2. The first-order valence-corrected chi connectivity index (χ1v) is 6.93. The van der Waals surface area contributed by atoms with Gasteiger partial charge < -0.3 is 10.6 Å². The van der Waals surface area contributed by atoms with Crippen molar-refractivity contribution in [1.29, 1.82) is 0 Å². The van der Waals surface area contributed by atoms with E-state index in [1.807, 2.05) is 14.0 Å². The first-order valence-electron chi connectivity index (χ1n) is 6.93. The number of carbonyl (C=O) groups excluding carboxylic acids is 1. The summed E-state index contributed by atoms with van der Waals surface area (Å²) in [5, 5.41) is 6.23. The van der Waals surface area contributed by atoms with Gasteiger partial charge in [-0.05, 0) is 44.6 Å². The van der Waals surface area contributed by atoms with E-state index in [4.69, 9.17) is 0 Å². The third-order valence-corrected chi connectivity index (χ3v) is 4.18. The van der Waals surface area contributed by atoms with Crippen LogP contribution in [0.15, 0.2) is 0 Å². The van der Waals surface area contributed by atoms with E-state index in [9.17, 15) is 4.79 Å². The summed E-state index contributed by atoms with van der Waals surface area (Å²) in [6.45, 7) is 8.73. The van der Waals surface area contributed by atoms with Gasteiger partial charge in [0.1, 0.15) is 0 Å². The third-order valence-electron chi connectivity index (χ3n) is 4.18. The Hall–Kier alpha value is -0.570. The van der Waals surface area contributed by atoms with Crippen LogP contribution in [0.25, 0.3) is 0 Å². The van der Waals surface area contributed by atoms with E-state index in [2.05, 4.69) is 31.4 Å². The van der Waals surface area contributed by atoms with Crippen LogP contribution in [0.5, 0.6) is 0 Å². The van der Waals surface area contributed by atoms with Crippen molar-refractivity contribution in [1.82, 2.24) is 10.6 Å². The Kier molecular flexibility index (Phi) is 5.44. The van der Waals surface area contributed by atoms with E-state index in [0.29, 0.717) is 17.9 Å². The minimum atomic E-state index is -0.0972. The van der Waals surface area contributed by atoms with E-state index in [0.717, 1.165) is 12.3 Å². The number of amides is 1. The highest BCUT2D eigenvalue weighted by Crippen LogP contribution is 2.33. The maximum atomic E-state index is 11.9. The Balaban J connectivity index is 2.60. The van der Waals surface area contributed by atoms with Gasteiger partial charge in [0.25, 0.3) is 0 Å². The second-order valence-corrected chi connectivity index (χ2v) is 5.95. The van der Waals surface area contributed by atoms with Crippen molar-refractivity contribution >= 4 is 5.91 Å². The highest BCUT2D eigenvalue weighted by atomic mass is 16.2. The minimum Gasteiger partial charge on any atom is -0.352 e. The number of carbonyl (C=O) groups is 1. The van der Waals surface area contributed by atoms with Gasteiger partial charge in [-0.25, -0.2) is 0 Å². The van der Waals surface area contributed by atoms with Crippen LogP contribution in [0.1, 0.15) is 47.0 Å². The highest BCUT2D eigenvalue weighted by Gasteiger charge is 2.32. The quantitative estimate of drug-likeness (QED) is 0.791. The SMILES string of the molecule is CNC(C)C(=O)NC1CC(C)CCC1C(C)C. The molecule has 4 atom stereocenters. The average Bonchev–Trinajstić information content (AvgIpc) is 2.27. The molecule has 1 aliphatic carbocycles. The fraction of sp³-hybridized carbons (Fsp3) is 0.929. The summed E-state index contributed by atoms with van der Waals surface area (Å²) in [5.74, 6) is 2.16. The van der Waals surface area contributed by atoms with E-state index >= 15 is 0 Å². The van der Waals surface area contributed by atoms with Crippen LogP contribution in [0, 0.1) is 17.8 Å². The second-order valence-electron chi connectivity index (χ2n) is 5.95. The first-order chi connectivity index (χ1) is 7.95. The van der Waals surface area contributed by atoms with Crippen molar-refractivity contribution in [3.05, 3.63) is 0 Å². The predicted molar refractivity (Wildman–Crippen MR) is 71.8 cm³/mol. The van der Waals surface area contributed by atoms with E-state index in [1.165, 1.54) is 12.8 Å². The summed E-state index contributed by atoms with van der Waals surface area (Å²) < 4.78 is 0. The van der Waals surface area contributed by atoms with Crippen molar-refractivity contribution in [2.24, 2.45) is 17.8 Å². The Morgan fingerprint density at radius 1 is 1.24 bits per heavy atom. The normalized spacial score (nSPS) is 31.3. The van der Waals surface area contributed by atoms with Crippen molar-refractivity contribution in [3.8, 4) is 0 Å². The van der Waals surface area contributed by atoms with Crippen molar-refractivity contribution in [2.75, 3.05) is 7.05 Å². The molecule has 1 fully saturated rings. The van der Waals surface area contributed by atoms with Crippen LogP contribution >= 0.6 is 0 Å². The molecule has 1 amide bonds. The second kappa shape index (κ2) is 6.39. The van der Waals surface area contributed by atoms with Gasteiger partial charge in [-0.3, -0.25) is 4.79 Å². The topological polar surface area (TPSA) is 41.1 Å². The number of hydrogen-bond acceptors (Lipinski definition) is 2. The van der Waals surface area contributed by atoms with Gasteiger partial charge in [0.2, 0.25) is 5.91 Å². The van der Waals surface area contributed by atoms with Crippen molar-refractivity contribution in [3.63, 3.8) is 0 Å². The summed E-state index contributed by atoms with van der Waals surface area (Å²) in [6.07, 6.45) is 3.68. The molecule has 0 aliphatic heterocycles. The van der Waals surface area contributed by atoms with Crippen LogP contribution < -0.4 is 10.6 Å². The fourth-order valence-corrected chi connectivity index (χ4v) is 2.81. The lowest BCUT2D eigenvalue weighted by Crippen LogP contribution is -2.50. The first kappa shape index (κ1) is 14.5. The Bertz CT molecular complexity index is 253. The highest BCUT2D eigenvalue weighted by molar-refractivity contribution is 5.81. The number of nitrogens with one attached hydrogen (secondary N) is 2. The summed E-state index contributed by atoms with van der Waals surface area (Å²) in [5.41, 5.74) is 0. The maximum absolute atomic E-state index is 11.9. The monoisotopic (exact) mass is 240 g/mol. The van der Waals surface area contributed by atoms with Crippen LogP contribution in [0.2, 0.25) is 0 Å². The molecule has 0 heterocycles. The zero-order valence-electron chi connectivity index (χ0n) is 11.9. The fourth-order valence-electron chi connectivity index (χ4n) is 2.81. The molecule has 1 aliphatic rings. The van der Waals surface area contributed by atoms with Gasteiger partial charge in [0, 0.05) is 6.04 Å². The maximum Gasteiger partial charge on any atom is 0.237 e. The summed E-state index contributed by atoms with van der Waals surface area (Å²) in [7, 11) is 1.83. The zero-order valence-corrected chi connectivity index (χ0v) is 11.9. The van der Waals surface area contributed by atoms with E-state index in [-0.39, 0.29) is 11.9 Å². The lowest BCUT2D eigenvalue weighted by Gasteiger charge is -2.38. The lowest BCUT2D eigenvalue weighted by atomic mass is 9.74. The molecular formula is C14H28N2O. The number of rotatable bonds is 4. The largest absolute Gasteiger partial charge is 0.352 e. The molecule has 0 spiro atoms. The van der Waals surface area contributed by atoms with Crippen LogP contribution in [0.3, 0.4) is 0 Å². The number of likely N-dealkylation sites (N-methyl/N-ethyl adjacent to an activating group) is 1. The molecule has 0 aromatic carbocycles. The van der Waals surface area contributed by atoms with E-state index < -0.39 is 0 Å². The average molecular weight is 240 g/mol. The summed E-state index contributed by atoms with van der Waals surface area (Å²) >= 11 is 0. The molecule has 1 rings (SSSR count). The van der Waals surface area contributed by atoms with Gasteiger partial charge in [-0.1, -0.05) is 27.2 Å². The molecule has 3 heteroatoms. The zero-order chi connectivity index (χ0) is 13.0. The standard InChI is InChI=1S/C14H28N2O/c1-9(2)12-7-6-10(3)8-13(12)16-14(17)11(4)15-5/h9-13,15H,6-8H2,1-5H3,(H,16,17). The van der Waals surface area contributed by atoms with Gasteiger partial charge in [-0.15, -0.1) is 0 Å². The van der Waals surface area contributed by atoms with Crippen molar-refractivity contribution < 1.29 is 4.79 Å². The van der Waals surface area contributed by atoms with Crippen molar-refractivity contribution in [2.45, 2.75) is 59.0 Å². The summed E-state index contributed by atoms with van der Waals surface area (Å²) in [6, 6.07) is 0.266. The molecule has 17 heavy (non-hydrogen) atoms. The molecule has 1 saturated carbocycles. The van der Waals surface area contributed by atoms with Crippen LogP contribution in [0.4, 0.5) is 0 Å². The molecule has 0 radical (unpaired) electrons. The lowest BCUT2D eigenvalue weighted by molar-refractivity contribution is -0.124. The van der Waals surface area contributed by atoms with E-state index in [1.54, 1.807) is 0 Å². The molecule has 100 valence electrons. The van der Waals surface area contributed by atoms with Crippen LogP contribution in [-0.2, 0) is 4.79 Å². The van der Waals surface area contributed by atoms with Gasteiger partial charge in [-0.2, -0.15) is 0 Å².